The zero-order chi connectivity index (χ0) is 18.8. The summed E-state index contributed by atoms with van der Waals surface area (Å²) in [5.74, 6) is 2.23. The smallest absolute Gasteiger partial charge is 0.126 e. The number of hydrogen-bond donors (Lipinski definition) is 0. The van der Waals surface area contributed by atoms with Crippen LogP contribution in [0.1, 0.15) is 28.2 Å². The highest BCUT2D eigenvalue weighted by Crippen LogP contribution is 2.31. The Morgan fingerprint density at radius 3 is 2.78 bits per heavy atom. The lowest BCUT2D eigenvalue weighted by atomic mass is 9.92. The van der Waals surface area contributed by atoms with E-state index >= 15 is 0 Å². The number of aromatic nitrogens is 3. The van der Waals surface area contributed by atoms with E-state index in [1.165, 1.54) is 16.8 Å². The third-order valence-electron chi connectivity index (χ3n) is 5.08. The second kappa shape index (κ2) is 7.43. The molecule has 5 nitrogen and oxygen atoms in total. The molecule has 1 aliphatic rings. The fourth-order valence-electron chi connectivity index (χ4n) is 3.65. The molecule has 0 fully saturated rings. The fraction of sp³-hybridized carbons (Fsp3) is 0.364. The average molecular weight is 363 g/mol. The van der Waals surface area contributed by atoms with E-state index in [0.717, 1.165) is 48.9 Å². The number of ether oxygens (including phenoxy) is 2. The second-order valence-electron chi connectivity index (χ2n) is 7.30. The molecule has 4 rings (SSSR count). The lowest BCUT2D eigenvalue weighted by Crippen LogP contribution is -2.23. The summed E-state index contributed by atoms with van der Waals surface area (Å²) in [4.78, 5) is 4.67. The van der Waals surface area contributed by atoms with E-state index in [2.05, 4.69) is 41.3 Å². The van der Waals surface area contributed by atoms with Crippen molar-refractivity contribution in [3.05, 3.63) is 70.8 Å². The first-order chi connectivity index (χ1) is 13.1. The van der Waals surface area contributed by atoms with Gasteiger partial charge in [0, 0.05) is 29.6 Å². The number of aryl methyl sites for hydroxylation is 2. The predicted octanol–water partition coefficient (Wildman–Crippen LogP) is 3.75. The standard InChI is InChI=1S/C22H25N3O2/c1-15-8-16(2)25(24-15)13-17-4-6-20(23-12-17)10-18-9-19-5-7-21(26-3)11-22(19)27-14-18/h4-8,11-12,18H,9-10,13-14H2,1-3H3/t18-/m0/s1. The number of benzene rings is 1. The van der Waals surface area contributed by atoms with Crippen molar-refractivity contribution in [1.29, 1.82) is 0 Å². The molecule has 27 heavy (non-hydrogen) atoms. The third-order valence-corrected chi connectivity index (χ3v) is 5.08. The van der Waals surface area contributed by atoms with Gasteiger partial charge in [-0.15, -0.1) is 0 Å². The zero-order valence-electron chi connectivity index (χ0n) is 16.1. The van der Waals surface area contributed by atoms with Gasteiger partial charge >= 0.3 is 0 Å². The normalized spacial score (nSPS) is 15.9. The van der Waals surface area contributed by atoms with Crippen molar-refractivity contribution in [2.24, 2.45) is 5.92 Å². The van der Waals surface area contributed by atoms with Crippen LogP contribution < -0.4 is 9.47 Å². The SMILES string of the molecule is COc1ccc2c(c1)OC[C@H](Cc1ccc(Cn3nc(C)cc3C)cn1)C2. The summed E-state index contributed by atoms with van der Waals surface area (Å²) >= 11 is 0. The van der Waals surface area contributed by atoms with Crippen molar-refractivity contribution in [2.45, 2.75) is 33.2 Å². The van der Waals surface area contributed by atoms with Gasteiger partial charge in [0.15, 0.2) is 0 Å². The van der Waals surface area contributed by atoms with Crippen LogP contribution in [0.15, 0.2) is 42.6 Å². The molecule has 0 saturated carbocycles. The molecule has 0 radical (unpaired) electrons. The van der Waals surface area contributed by atoms with Crippen LogP contribution in [0.5, 0.6) is 11.5 Å². The van der Waals surface area contributed by atoms with Crippen molar-refractivity contribution in [3.8, 4) is 11.5 Å². The maximum atomic E-state index is 5.95. The molecule has 1 aliphatic heterocycles. The van der Waals surface area contributed by atoms with Crippen LogP contribution in [0.25, 0.3) is 0 Å². The zero-order valence-corrected chi connectivity index (χ0v) is 16.1. The van der Waals surface area contributed by atoms with E-state index in [1.54, 1.807) is 7.11 Å². The van der Waals surface area contributed by atoms with Gasteiger partial charge in [-0.05, 0) is 56.0 Å². The van der Waals surface area contributed by atoms with Crippen molar-refractivity contribution in [1.82, 2.24) is 14.8 Å². The Balaban J connectivity index is 1.39. The Kier molecular flexibility index (Phi) is 4.84. The van der Waals surface area contributed by atoms with Gasteiger partial charge in [-0.3, -0.25) is 9.67 Å². The van der Waals surface area contributed by atoms with Crippen molar-refractivity contribution in [3.63, 3.8) is 0 Å². The first-order valence-electron chi connectivity index (χ1n) is 9.35. The highest BCUT2D eigenvalue weighted by atomic mass is 16.5. The molecule has 3 aromatic rings. The van der Waals surface area contributed by atoms with E-state index in [1.807, 2.05) is 29.9 Å². The van der Waals surface area contributed by atoms with Gasteiger partial charge in [-0.25, -0.2) is 0 Å². The number of fused-ring (bicyclic) bond motifs is 1. The number of pyridine rings is 1. The molecule has 5 heteroatoms. The maximum Gasteiger partial charge on any atom is 0.126 e. The Hall–Kier alpha value is -2.82. The second-order valence-corrected chi connectivity index (χ2v) is 7.30. The maximum absolute atomic E-state index is 5.95. The highest BCUT2D eigenvalue weighted by Gasteiger charge is 2.21. The fourth-order valence-corrected chi connectivity index (χ4v) is 3.65. The van der Waals surface area contributed by atoms with E-state index in [0.29, 0.717) is 5.92 Å². The largest absolute Gasteiger partial charge is 0.497 e. The van der Waals surface area contributed by atoms with Gasteiger partial charge in [0.05, 0.1) is 26.0 Å². The van der Waals surface area contributed by atoms with E-state index < -0.39 is 0 Å². The molecule has 2 aromatic heterocycles. The molecule has 1 atom stereocenters. The van der Waals surface area contributed by atoms with Gasteiger partial charge in [-0.1, -0.05) is 12.1 Å². The highest BCUT2D eigenvalue weighted by molar-refractivity contribution is 5.42. The summed E-state index contributed by atoms with van der Waals surface area (Å²) in [6.07, 6.45) is 3.90. The summed E-state index contributed by atoms with van der Waals surface area (Å²) in [5, 5.41) is 4.52. The lowest BCUT2D eigenvalue weighted by molar-refractivity contribution is 0.219. The molecule has 140 valence electrons. The van der Waals surface area contributed by atoms with E-state index in [4.69, 9.17) is 9.47 Å². The topological polar surface area (TPSA) is 49.2 Å². The summed E-state index contributed by atoms with van der Waals surface area (Å²) in [6.45, 7) is 5.58. The quantitative estimate of drug-likeness (QED) is 0.693. The van der Waals surface area contributed by atoms with Crippen LogP contribution >= 0.6 is 0 Å². The molecule has 0 spiro atoms. The van der Waals surface area contributed by atoms with Gasteiger partial charge < -0.3 is 9.47 Å². The molecule has 0 saturated heterocycles. The number of rotatable bonds is 5. The molecule has 3 heterocycles. The van der Waals surface area contributed by atoms with Gasteiger partial charge in [0.25, 0.3) is 0 Å². The van der Waals surface area contributed by atoms with Crippen molar-refractivity contribution >= 4 is 0 Å². The van der Waals surface area contributed by atoms with Crippen LogP contribution in [0.2, 0.25) is 0 Å². The van der Waals surface area contributed by atoms with Gasteiger partial charge in [-0.2, -0.15) is 5.10 Å². The first kappa shape index (κ1) is 17.6. The van der Waals surface area contributed by atoms with E-state index in [-0.39, 0.29) is 0 Å². The Morgan fingerprint density at radius 1 is 1.19 bits per heavy atom. The lowest BCUT2D eigenvalue weighted by Gasteiger charge is -2.25. The molecule has 0 aliphatic carbocycles. The minimum absolute atomic E-state index is 0.445. The Labute approximate surface area is 160 Å². The van der Waals surface area contributed by atoms with E-state index in [9.17, 15) is 0 Å². The molecular weight excluding hydrogens is 338 g/mol. The minimum atomic E-state index is 0.445. The van der Waals surface area contributed by atoms with Gasteiger partial charge in [0.2, 0.25) is 0 Å². The van der Waals surface area contributed by atoms with Crippen molar-refractivity contribution in [2.75, 3.05) is 13.7 Å². The van der Waals surface area contributed by atoms with Crippen LogP contribution in [0, 0.1) is 19.8 Å². The molecular formula is C22H25N3O2. The number of hydrogen-bond acceptors (Lipinski definition) is 4. The third kappa shape index (κ3) is 3.97. The van der Waals surface area contributed by atoms with Crippen LogP contribution in [-0.2, 0) is 19.4 Å². The summed E-state index contributed by atoms with van der Waals surface area (Å²) in [6, 6.07) is 12.4. The Morgan fingerprint density at radius 2 is 2.07 bits per heavy atom. The first-order valence-corrected chi connectivity index (χ1v) is 9.35. The molecule has 1 aromatic carbocycles. The molecule has 0 amide bonds. The number of methoxy groups -OCH3 is 1. The molecule has 0 bridgehead atoms. The predicted molar refractivity (Wildman–Crippen MR) is 104 cm³/mol. The summed E-state index contributed by atoms with van der Waals surface area (Å²) in [7, 11) is 1.68. The molecule has 0 N–H and O–H groups in total. The molecule has 0 unspecified atom stereocenters. The monoisotopic (exact) mass is 363 g/mol. The minimum Gasteiger partial charge on any atom is -0.497 e. The number of nitrogens with zero attached hydrogens (tertiary/aromatic N) is 3. The summed E-state index contributed by atoms with van der Waals surface area (Å²) in [5.41, 5.74) is 5.74. The van der Waals surface area contributed by atoms with Crippen LogP contribution in [0.4, 0.5) is 0 Å². The van der Waals surface area contributed by atoms with Crippen molar-refractivity contribution < 1.29 is 9.47 Å². The van der Waals surface area contributed by atoms with Crippen LogP contribution in [-0.4, -0.2) is 28.5 Å². The summed E-state index contributed by atoms with van der Waals surface area (Å²) < 4.78 is 13.2. The van der Waals surface area contributed by atoms with Crippen LogP contribution in [0.3, 0.4) is 0 Å². The van der Waals surface area contributed by atoms with Gasteiger partial charge in [0.1, 0.15) is 11.5 Å². The Bertz CT molecular complexity index is 931. The average Bonchev–Trinajstić information content (AvgIpc) is 2.99.